The van der Waals surface area contributed by atoms with Crippen molar-refractivity contribution in [1.82, 2.24) is 10.2 Å². The molecule has 2 N–H and O–H groups in total. The highest BCUT2D eigenvalue weighted by molar-refractivity contribution is 6.04. The van der Waals surface area contributed by atoms with Gasteiger partial charge in [-0.25, -0.2) is 4.79 Å². The predicted molar refractivity (Wildman–Crippen MR) is 142 cm³/mol. The van der Waals surface area contributed by atoms with Crippen molar-refractivity contribution in [3.8, 4) is 5.75 Å². The van der Waals surface area contributed by atoms with E-state index >= 15 is 0 Å². The first-order valence-electron chi connectivity index (χ1n) is 12.2. The van der Waals surface area contributed by atoms with E-state index in [1.807, 2.05) is 31.2 Å². The van der Waals surface area contributed by atoms with Gasteiger partial charge in [0.05, 0.1) is 20.3 Å². The summed E-state index contributed by atoms with van der Waals surface area (Å²) in [6.07, 6.45) is -1.39. The largest absolute Gasteiger partial charge is 0.497 e. The fourth-order valence-corrected chi connectivity index (χ4v) is 4.26. The summed E-state index contributed by atoms with van der Waals surface area (Å²) in [5.74, 6) is 0.0603. The van der Waals surface area contributed by atoms with Crippen LogP contribution in [-0.2, 0) is 20.8 Å². The first-order valence-corrected chi connectivity index (χ1v) is 12.2. The van der Waals surface area contributed by atoms with E-state index in [9.17, 15) is 14.4 Å². The van der Waals surface area contributed by atoms with E-state index in [1.54, 1.807) is 62.8 Å². The Balaban J connectivity index is 1.53. The van der Waals surface area contributed by atoms with E-state index in [0.717, 1.165) is 11.1 Å². The lowest BCUT2D eigenvalue weighted by molar-refractivity contribution is -0.126. The maximum absolute atomic E-state index is 13.2. The quantitative estimate of drug-likeness (QED) is 0.393. The van der Waals surface area contributed by atoms with E-state index in [4.69, 9.17) is 14.2 Å². The highest BCUT2D eigenvalue weighted by atomic mass is 16.6. The second-order valence-corrected chi connectivity index (χ2v) is 8.89. The van der Waals surface area contributed by atoms with Gasteiger partial charge < -0.3 is 24.8 Å². The van der Waals surface area contributed by atoms with Crippen molar-refractivity contribution in [2.75, 3.05) is 32.7 Å². The number of nitrogens with one attached hydrogen (secondary N) is 2. The highest BCUT2D eigenvalue weighted by Gasteiger charge is 2.47. The molecule has 0 saturated carbocycles. The summed E-state index contributed by atoms with van der Waals surface area (Å²) in [7, 11) is 3.12. The Kier molecular flexibility index (Phi) is 8.60. The molecule has 4 rings (SSSR count). The Morgan fingerprint density at radius 2 is 1.68 bits per heavy atom. The zero-order chi connectivity index (χ0) is 27.1. The molecule has 1 aliphatic heterocycles. The van der Waals surface area contributed by atoms with Gasteiger partial charge in [-0.2, -0.15) is 0 Å². The van der Waals surface area contributed by atoms with Crippen LogP contribution in [-0.4, -0.2) is 56.2 Å². The first kappa shape index (κ1) is 26.7. The summed E-state index contributed by atoms with van der Waals surface area (Å²) >= 11 is 0. The van der Waals surface area contributed by atoms with Crippen LogP contribution in [0.15, 0.2) is 72.8 Å². The van der Waals surface area contributed by atoms with Crippen LogP contribution >= 0.6 is 0 Å². The van der Waals surface area contributed by atoms with Crippen LogP contribution in [0, 0.1) is 6.92 Å². The predicted octanol–water partition coefficient (Wildman–Crippen LogP) is 4.08. The lowest BCUT2D eigenvalue weighted by atomic mass is 9.99. The maximum Gasteiger partial charge on any atom is 0.411 e. The van der Waals surface area contributed by atoms with Gasteiger partial charge in [0.25, 0.3) is 5.91 Å². The summed E-state index contributed by atoms with van der Waals surface area (Å²) in [6.45, 7) is 2.85. The van der Waals surface area contributed by atoms with E-state index in [0.29, 0.717) is 35.7 Å². The van der Waals surface area contributed by atoms with Crippen LogP contribution in [0.25, 0.3) is 0 Å². The number of cyclic esters (lactones) is 1. The zero-order valence-corrected chi connectivity index (χ0v) is 21.6. The van der Waals surface area contributed by atoms with Gasteiger partial charge >= 0.3 is 6.09 Å². The maximum atomic E-state index is 13.2. The molecule has 9 nitrogen and oxygen atoms in total. The topological polar surface area (TPSA) is 106 Å². The van der Waals surface area contributed by atoms with Gasteiger partial charge in [-0.3, -0.25) is 14.5 Å². The normalized spacial score (nSPS) is 16.6. The Morgan fingerprint density at radius 3 is 2.34 bits per heavy atom. The molecule has 1 fully saturated rings. The summed E-state index contributed by atoms with van der Waals surface area (Å²) in [6, 6.07) is 20.5. The third-order valence-corrected chi connectivity index (χ3v) is 6.41. The van der Waals surface area contributed by atoms with Gasteiger partial charge in [-0.15, -0.1) is 0 Å². The van der Waals surface area contributed by atoms with Crippen LogP contribution in [0.5, 0.6) is 5.75 Å². The standard InChI is InChI=1S/C29H31N3O6/c1-19-6-4-5-7-22(19)18-32-25(28(34)30-16-17-36-2)26(38-29(32)35)20-8-12-23(13-9-20)31-27(33)21-10-14-24(37-3)15-11-21/h4-15,25-26H,16-18H2,1-3H3,(H,30,34)(H,31,33). The van der Waals surface area contributed by atoms with Gasteiger partial charge in [-0.05, 0) is 60.0 Å². The molecule has 38 heavy (non-hydrogen) atoms. The summed E-state index contributed by atoms with van der Waals surface area (Å²) in [5, 5.41) is 5.68. The molecular formula is C29H31N3O6. The monoisotopic (exact) mass is 517 g/mol. The molecule has 0 radical (unpaired) electrons. The Hall–Kier alpha value is -4.37. The fraction of sp³-hybridized carbons (Fsp3) is 0.276. The molecule has 3 aromatic carbocycles. The van der Waals surface area contributed by atoms with E-state index in [-0.39, 0.29) is 18.4 Å². The van der Waals surface area contributed by atoms with Gasteiger partial charge in [0.1, 0.15) is 5.75 Å². The first-order chi connectivity index (χ1) is 18.4. The number of rotatable bonds is 10. The second-order valence-electron chi connectivity index (χ2n) is 8.89. The number of benzene rings is 3. The minimum atomic E-state index is -0.876. The molecule has 0 bridgehead atoms. The highest BCUT2D eigenvalue weighted by Crippen LogP contribution is 2.35. The van der Waals surface area contributed by atoms with Gasteiger partial charge in [-0.1, -0.05) is 36.4 Å². The fourth-order valence-electron chi connectivity index (χ4n) is 4.26. The lowest BCUT2D eigenvalue weighted by Gasteiger charge is -2.24. The summed E-state index contributed by atoms with van der Waals surface area (Å²) < 4.78 is 15.9. The van der Waals surface area contributed by atoms with E-state index in [1.165, 1.54) is 4.90 Å². The van der Waals surface area contributed by atoms with Crippen LogP contribution in [0.1, 0.15) is 33.2 Å². The van der Waals surface area contributed by atoms with Crippen molar-refractivity contribution >= 4 is 23.6 Å². The molecule has 198 valence electrons. The molecule has 3 amide bonds. The molecule has 0 spiro atoms. The molecular weight excluding hydrogens is 486 g/mol. The number of methoxy groups -OCH3 is 2. The number of nitrogens with zero attached hydrogens (tertiary/aromatic N) is 1. The van der Waals surface area contributed by atoms with Crippen LogP contribution < -0.4 is 15.4 Å². The minimum absolute atomic E-state index is 0.236. The Bertz CT molecular complexity index is 1280. The smallest absolute Gasteiger partial charge is 0.411 e. The molecule has 3 aromatic rings. The van der Waals surface area contributed by atoms with Gasteiger partial charge in [0.15, 0.2) is 12.1 Å². The van der Waals surface area contributed by atoms with Crippen molar-refractivity contribution in [3.63, 3.8) is 0 Å². The number of carbonyl (C=O) groups excluding carboxylic acids is 3. The number of hydrogen-bond donors (Lipinski definition) is 2. The zero-order valence-electron chi connectivity index (χ0n) is 21.6. The molecule has 1 heterocycles. The van der Waals surface area contributed by atoms with Crippen molar-refractivity contribution in [3.05, 3.63) is 95.1 Å². The molecule has 0 aliphatic carbocycles. The van der Waals surface area contributed by atoms with Crippen LogP contribution in [0.3, 0.4) is 0 Å². The summed E-state index contributed by atoms with van der Waals surface area (Å²) in [4.78, 5) is 40.3. The average molecular weight is 518 g/mol. The van der Waals surface area contributed by atoms with E-state index < -0.39 is 18.2 Å². The number of amides is 3. The van der Waals surface area contributed by atoms with Gasteiger partial charge in [0.2, 0.25) is 5.91 Å². The van der Waals surface area contributed by atoms with Crippen LogP contribution in [0.4, 0.5) is 10.5 Å². The molecule has 1 saturated heterocycles. The molecule has 0 aromatic heterocycles. The molecule has 1 aliphatic rings. The van der Waals surface area contributed by atoms with Crippen molar-refractivity contribution < 1.29 is 28.6 Å². The van der Waals surface area contributed by atoms with Crippen molar-refractivity contribution in [1.29, 1.82) is 0 Å². The number of aryl methyl sites for hydroxylation is 1. The van der Waals surface area contributed by atoms with Crippen molar-refractivity contribution in [2.24, 2.45) is 0 Å². The number of hydrogen-bond acceptors (Lipinski definition) is 6. The lowest BCUT2D eigenvalue weighted by Crippen LogP contribution is -2.47. The summed E-state index contributed by atoms with van der Waals surface area (Å²) in [5.41, 5.74) is 3.63. The van der Waals surface area contributed by atoms with Crippen molar-refractivity contribution in [2.45, 2.75) is 25.6 Å². The second kappa shape index (κ2) is 12.2. The molecule has 2 atom stereocenters. The van der Waals surface area contributed by atoms with E-state index in [2.05, 4.69) is 10.6 Å². The minimum Gasteiger partial charge on any atom is -0.497 e. The number of ether oxygens (including phenoxy) is 3. The Labute approximate surface area is 221 Å². The number of carbonyl (C=O) groups is 3. The number of anilines is 1. The molecule has 2 unspecified atom stereocenters. The van der Waals surface area contributed by atoms with Crippen LogP contribution in [0.2, 0.25) is 0 Å². The van der Waals surface area contributed by atoms with Gasteiger partial charge in [0, 0.05) is 24.9 Å². The average Bonchev–Trinajstić information content (AvgIpc) is 3.26. The Morgan fingerprint density at radius 1 is 0.974 bits per heavy atom. The SMILES string of the molecule is COCCNC(=O)C1C(c2ccc(NC(=O)c3ccc(OC)cc3)cc2)OC(=O)N1Cc1ccccc1C. The third-order valence-electron chi connectivity index (χ3n) is 6.41. The third kappa shape index (κ3) is 6.12. The molecule has 9 heteroatoms.